The molecule has 4 aromatic carbocycles. The van der Waals surface area contributed by atoms with E-state index in [1.807, 2.05) is 59.6 Å². The van der Waals surface area contributed by atoms with Crippen LogP contribution >= 0.6 is 0 Å². The van der Waals surface area contributed by atoms with Crippen LogP contribution in [0.2, 0.25) is 0 Å². The molecule has 0 aliphatic carbocycles. The molecule has 2 fully saturated rings. The van der Waals surface area contributed by atoms with E-state index in [4.69, 9.17) is 79.9 Å². The molecule has 12 aromatic rings. The summed E-state index contributed by atoms with van der Waals surface area (Å²) >= 11 is 0. The monoisotopic (exact) mass is 2080 g/mol. The first-order valence-electron chi connectivity index (χ1n) is 48.7. The first kappa shape index (κ1) is 127. The van der Waals surface area contributed by atoms with Gasteiger partial charge in [-0.15, -0.1) is 0 Å². The Labute approximate surface area is 944 Å². The van der Waals surface area contributed by atoms with Crippen molar-refractivity contribution in [2.75, 3.05) is 93.0 Å². The molecule has 0 spiro atoms. The first-order valence-corrected chi connectivity index (χ1v) is 48.7. The molecule has 3 amide bonds. The van der Waals surface area contributed by atoms with E-state index in [1.54, 1.807) is 161 Å². The van der Waals surface area contributed by atoms with Crippen LogP contribution in [0.25, 0.3) is 22.1 Å². The van der Waals surface area contributed by atoms with Crippen LogP contribution in [0.1, 0.15) is 228 Å². The van der Waals surface area contributed by atoms with Gasteiger partial charge in [0.15, 0.2) is 6.29 Å². The van der Waals surface area contributed by atoms with Gasteiger partial charge in [-0.25, -0.2) is 68.2 Å². The number of nitrogens with one attached hydrogen (secondary N) is 5. The third-order valence-electron chi connectivity index (χ3n) is 21.3. The van der Waals surface area contributed by atoms with Crippen LogP contribution < -0.4 is 140 Å². The number of ether oxygens (including phenoxy) is 7. The summed E-state index contributed by atoms with van der Waals surface area (Å²) in [4.78, 5) is 144. The number of fused-ring (bicyclic) bond motifs is 2. The number of amides is 3. The van der Waals surface area contributed by atoms with Gasteiger partial charge in [0.25, 0.3) is 18.3 Å². The van der Waals surface area contributed by atoms with Crippen LogP contribution in [0.15, 0.2) is 209 Å². The number of hydrogen-bond acceptors (Lipinski definition) is 32. The van der Waals surface area contributed by atoms with E-state index in [9.17, 15) is 38.4 Å². The van der Waals surface area contributed by atoms with Crippen LogP contribution in [-0.4, -0.2) is 223 Å². The number of amidine groups is 2. The Kier molecular flexibility index (Phi) is 66.3. The number of aromatic nitrogens is 14. The van der Waals surface area contributed by atoms with E-state index in [0.717, 1.165) is 125 Å². The van der Waals surface area contributed by atoms with Gasteiger partial charge in [-0.2, -0.15) is 0 Å². The molecule has 0 saturated carbocycles. The number of carbonyl (C=O) groups is 9. The van der Waals surface area contributed by atoms with Crippen molar-refractivity contribution in [3.8, 4) is 0 Å². The van der Waals surface area contributed by atoms with E-state index in [1.165, 1.54) is 111 Å². The van der Waals surface area contributed by atoms with Gasteiger partial charge in [0.1, 0.15) is 60.3 Å². The third-order valence-corrected chi connectivity index (χ3v) is 21.3. The summed E-state index contributed by atoms with van der Waals surface area (Å²) in [6, 6.07) is 35.5. The van der Waals surface area contributed by atoms with Crippen molar-refractivity contribution >= 4 is 111 Å². The molecule has 2 aliphatic heterocycles. The summed E-state index contributed by atoms with van der Waals surface area (Å²) in [7, 11) is 3.83. The first-order chi connectivity index (χ1) is 70.5. The van der Waals surface area contributed by atoms with Crippen LogP contribution in [0.4, 0.5) is 42.2 Å². The third kappa shape index (κ3) is 49.1. The minimum atomic E-state index is -0.628. The number of imidazole rings is 6. The molecule has 42 nitrogen and oxygen atoms in total. The zero-order valence-corrected chi connectivity index (χ0v) is 92.3. The van der Waals surface area contributed by atoms with Crippen molar-refractivity contribution in [3.63, 3.8) is 0 Å². The Balaban J connectivity index is 0.000000482. The van der Waals surface area contributed by atoms with E-state index >= 15 is 0 Å². The predicted molar refractivity (Wildman–Crippen MR) is 547 cm³/mol. The number of aliphatic hydroxyl groups excluding tert-OH is 2. The van der Waals surface area contributed by atoms with E-state index in [0.29, 0.717) is 84.4 Å². The minimum absolute atomic E-state index is 0. The summed E-state index contributed by atoms with van der Waals surface area (Å²) in [5.41, 5.74) is 12.4. The number of alkyl carbamates (subject to hydrolysis) is 1. The van der Waals surface area contributed by atoms with Crippen molar-refractivity contribution in [1.82, 2.24) is 72.6 Å². The zero-order valence-electron chi connectivity index (χ0n) is 87.0. The molecule has 784 valence electrons. The fraction of sp³-hybridized carbons (Fsp3) is 0.427. The number of anilines is 4. The number of nitrogen functional groups attached to an aromatic ring is 1. The molecule has 10 heterocycles. The molecule has 44 heteroatoms. The topological polar surface area (TPSA) is 540 Å². The van der Waals surface area contributed by atoms with Gasteiger partial charge in [-0.05, 0) is 168 Å². The molecule has 147 heavy (non-hydrogen) atoms. The number of hydrogen-bond donors (Lipinski definition) is 8. The second kappa shape index (κ2) is 76.5. The molecule has 2 aliphatic rings. The van der Waals surface area contributed by atoms with Gasteiger partial charge in [-0.3, -0.25) is 59.0 Å². The van der Waals surface area contributed by atoms with Gasteiger partial charge in [0.05, 0.1) is 81.0 Å². The predicted octanol–water partition coefficient (Wildman–Crippen LogP) is 9.80. The van der Waals surface area contributed by atoms with Gasteiger partial charge < -0.3 is 80.4 Å². The Bertz CT molecular complexity index is 5610. The molecule has 0 bridgehead atoms. The number of benzene rings is 4. The molecule has 14 rings (SSSR count). The summed E-state index contributed by atoms with van der Waals surface area (Å²) in [5, 5.41) is 50.1. The number of carbonyl (C=O) groups excluding carboxylic acids is 9. The summed E-state index contributed by atoms with van der Waals surface area (Å²) in [6.07, 6.45) is 41.8. The largest absolute Gasteiger partial charge is 1.00 e. The molecule has 2 saturated heterocycles. The Morgan fingerprint density at radius 1 is 0.503 bits per heavy atom. The Morgan fingerprint density at radius 2 is 0.898 bits per heavy atom. The van der Waals surface area contributed by atoms with E-state index < -0.39 is 12.4 Å². The number of aliphatic hydroxyl groups is 2. The summed E-state index contributed by atoms with van der Waals surface area (Å²) < 4.78 is 44.3. The maximum atomic E-state index is 13.6. The smallest absolute Gasteiger partial charge is 1.00 e. The van der Waals surface area contributed by atoms with Crippen LogP contribution in [0.5, 0.6) is 0 Å². The number of esters is 2. The normalized spacial score (nSPS) is 11.6. The average Bonchev–Trinajstić information content (AvgIpc) is 1.63. The average molecular weight is 2080 g/mol. The van der Waals surface area contributed by atoms with E-state index in [-0.39, 0.29) is 203 Å². The summed E-state index contributed by atoms with van der Waals surface area (Å²) in [5.74, 6) is 1.11. The van der Waals surface area contributed by atoms with Gasteiger partial charge >= 0.3 is 139 Å². The quantitative estimate of drug-likeness (QED) is 0.00204. The number of nitrogens with zero attached hydrogens (tertiary/aromatic N) is 16. The SMILES string of the molecule is C1CCOC1.CCCCCCO.CCCCCCOC(=O)NC(=N)c1ccc(NCc2nc3cc(C(=O)N(CCC(=O)OCC)c4ccccn4)ccc3n2C)cc1.CCCCCCOC(=O)n1ccnc1.CCCCCCOC(=O)n1ccnc1.CCOC(=O)CCN(C(=O)c1ccc2c(c1)nc(CNc1ccc(C(=N)N)cc1)n2C)c1ccccn1.O=C(n1ccnc1)n1ccnc1.O=CO[O-].OC1CCCO1.[H-].[K+].[K+]. The maximum absolute atomic E-state index is 13.6. The number of pyridine rings is 2. The molecular formula is C103H140K2N22O20. The number of rotatable bonds is 40. The van der Waals surface area contributed by atoms with Gasteiger partial charge in [-0.1, -0.05) is 117 Å². The molecule has 8 aromatic heterocycles. The molecule has 1 atom stereocenters. The maximum Gasteiger partial charge on any atom is 1.00 e. The van der Waals surface area contributed by atoms with Crippen LogP contribution in [-0.2, 0) is 79.6 Å². The fourth-order valence-electron chi connectivity index (χ4n) is 13.5. The van der Waals surface area contributed by atoms with Crippen LogP contribution in [0.3, 0.4) is 0 Å². The van der Waals surface area contributed by atoms with Crippen molar-refractivity contribution in [3.05, 3.63) is 243 Å². The van der Waals surface area contributed by atoms with Crippen LogP contribution in [0, 0.1) is 10.8 Å². The number of nitrogens with two attached hydrogens (primary N) is 1. The van der Waals surface area contributed by atoms with E-state index in [2.05, 4.69) is 78.4 Å². The minimum Gasteiger partial charge on any atom is -1.00 e. The standard InChI is InChI=1S/C34H41N7O5.C27H29N7O3.2C10H16N2O2.C7H6N4O.C6H14O.C4H8O2.C4H8O.CH2O3.2K.H/c1-4-6-7-10-21-46-34(44)39-32(35)24-12-15-26(16-13-24)37-23-30-38-27-22-25(14-17-28(27)40(30)3)33(43)41(20-18-31(42)45-5-2)29-11-8-9-19-36-29;1-3-37-25(35)13-15-34(23-6-4-5-14-30-23)27(36)19-9-12-22-21(16-19)32-24(33(22)2)17-31-20-10-7-18(8-11-20)26(28)29;2*1-2-3-4-5-8-14-10(13)12-7-6-11-9-12;12-7(10-3-1-8-5-10)11-4-2-9-6-11;1-2-3-4-5-6-7;5-4-2-1-3-6-4;1-2-4-5-3-1;2-1-4-3;;;/h8-9,11-17,19,22,37H,4-7,10,18,20-21,23H2,1-3H3,(H2,35,39,44);4-12,14,16,31H,3,13,15,17H2,1-2H3,(H3,28,29);2*6-7,9H,2-5,8H2,1H3;1-6H;7H,2-6H2,1H3;4-5H,1-3H2;1-4H2;1,3H;;;/q;;;;;;;;;2*+1;-1/p-1. The Hall–Kier alpha value is -12.0. The number of aryl methyl sites for hydroxylation is 2. The van der Waals surface area contributed by atoms with Crippen molar-refractivity contribution in [1.29, 1.82) is 10.8 Å². The number of unbranched alkanes of at least 4 members (excludes halogenated alkanes) is 12. The molecule has 9 N–H and O–H groups in total. The Morgan fingerprint density at radius 3 is 1.22 bits per heavy atom. The summed E-state index contributed by atoms with van der Waals surface area (Å²) in [6.45, 7) is 18.0. The molecule has 0 radical (unpaired) electrons. The zero-order chi connectivity index (χ0) is 105. The van der Waals surface area contributed by atoms with Crippen molar-refractivity contribution in [2.45, 2.75) is 202 Å². The fourth-order valence-corrected chi connectivity index (χ4v) is 13.5. The van der Waals surface area contributed by atoms with Crippen molar-refractivity contribution in [2.24, 2.45) is 19.8 Å². The second-order valence-corrected chi connectivity index (χ2v) is 32.2. The van der Waals surface area contributed by atoms with Gasteiger partial charge in [0.2, 0.25) is 0 Å². The molecule has 1 unspecified atom stereocenters. The van der Waals surface area contributed by atoms with Crippen molar-refractivity contribution < 1.29 is 201 Å². The van der Waals surface area contributed by atoms with Gasteiger partial charge in [0, 0.05) is 156 Å². The second-order valence-electron chi connectivity index (χ2n) is 32.2. The molecular weight excluding hydrogens is 1940 g/mol.